The summed E-state index contributed by atoms with van der Waals surface area (Å²) >= 11 is 0. The lowest BCUT2D eigenvalue weighted by Crippen LogP contribution is -2.38. The Balaban J connectivity index is 1.48. The summed E-state index contributed by atoms with van der Waals surface area (Å²) in [6.45, 7) is 4.19. The number of anilines is 1. The molecule has 40 heavy (non-hydrogen) atoms. The van der Waals surface area contributed by atoms with E-state index in [0.29, 0.717) is 12.0 Å². The molecule has 0 spiro atoms. The fourth-order valence-electron chi connectivity index (χ4n) is 7.91. The highest BCUT2D eigenvalue weighted by Crippen LogP contribution is 2.53. The first-order valence-corrected chi connectivity index (χ1v) is 14.5. The van der Waals surface area contributed by atoms with Gasteiger partial charge in [0.1, 0.15) is 24.6 Å². The second-order valence-corrected chi connectivity index (χ2v) is 11.7. The molecule has 202 valence electrons. The van der Waals surface area contributed by atoms with Crippen LogP contribution in [0.4, 0.5) is 5.69 Å². The Morgan fingerprint density at radius 2 is 1.75 bits per heavy atom. The SMILES string of the molecule is O=C(O)c1ccc(C2=C3CC4=CCC[N+]5=C4C(=C3Oc3c2cc2c4c3CCCN4CCC2)CCC5)c(C(=O)O)c1. The van der Waals surface area contributed by atoms with E-state index in [-0.39, 0.29) is 11.1 Å². The molecule has 6 aliphatic rings. The molecule has 2 aromatic rings. The molecule has 2 N–H and O–H groups in total. The number of rotatable bonds is 3. The van der Waals surface area contributed by atoms with Gasteiger partial charge in [0.15, 0.2) is 0 Å². The quantitative estimate of drug-likeness (QED) is 0.525. The molecule has 0 atom stereocenters. The third-order valence-corrected chi connectivity index (χ3v) is 9.48. The molecule has 7 heteroatoms. The number of fused-ring (bicyclic) bond motifs is 3. The van der Waals surface area contributed by atoms with Gasteiger partial charge < -0.3 is 19.8 Å². The van der Waals surface area contributed by atoms with Gasteiger partial charge in [-0.1, -0.05) is 12.1 Å². The van der Waals surface area contributed by atoms with Crippen LogP contribution in [0.2, 0.25) is 0 Å². The maximum absolute atomic E-state index is 12.6. The second kappa shape index (κ2) is 8.68. The van der Waals surface area contributed by atoms with Gasteiger partial charge in [0, 0.05) is 65.9 Å². The van der Waals surface area contributed by atoms with E-state index in [1.807, 2.05) is 0 Å². The summed E-state index contributed by atoms with van der Waals surface area (Å²) in [7, 11) is 0. The predicted molar refractivity (Wildman–Crippen MR) is 151 cm³/mol. The lowest BCUT2D eigenvalue weighted by atomic mass is 9.75. The lowest BCUT2D eigenvalue weighted by molar-refractivity contribution is -0.530. The normalized spacial score (nSPS) is 20.7. The minimum absolute atomic E-state index is 0.0188. The van der Waals surface area contributed by atoms with Crippen LogP contribution in [-0.2, 0) is 12.8 Å². The number of carbonyl (C=O) groups is 2. The molecule has 7 nitrogen and oxygen atoms in total. The van der Waals surface area contributed by atoms with Gasteiger partial charge in [-0.25, -0.2) is 14.2 Å². The highest BCUT2D eigenvalue weighted by atomic mass is 16.5. The predicted octanol–water partition coefficient (Wildman–Crippen LogP) is 5.21. The van der Waals surface area contributed by atoms with E-state index in [4.69, 9.17) is 4.74 Å². The van der Waals surface area contributed by atoms with Gasteiger partial charge in [-0.15, -0.1) is 0 Å². The summed E-state index contributed by atoms with van der Waals surface area (Å²) in [6, 6.07) is 6.79. The van der Waals surface area contributed by atoms with Crippen LogP contribution in [0.25, 0.3) is 5.57 Å². The van der Waals surface area contributed by atoms with Crippen LogP contribution in [0.3, 0.4) is 0 Å². The van der Waals surface area contributed by atoms with Crippen LogP contribution in [0.5, 0.6) is 5.75 Å². The number of nitrogens with zero attached hydrogens (tertiary/aromatic N) is 2. The van der Waals surface area contributed by atoms with Crippen molar-refractivity contribution in [2.24, 2.45) is 0 Å². The average molecular weight is 536 g/mol. The van der Waals surface area contributed by atoms with Gasteiger partial charge in [-0.2, -0.15) is 0 Å². The number of allylic oxidation sites excluding steroid dienone is 3. The zero-order valence-electron chi connectivity index (χ0n) is 22.4. The third-order valence-electron chi connectivity index (χ3n) is 9.48. The Morgan fingerprint density at radius 3 is 2.58 bits per heavy atom. The molecule has 1 aliphatic carbocycles. The van der Waals surface area contributed by atoms with Crippen molar-refractivity contribution in [3.63, 3.8) is 0 Å². The number of aryl methyl sites for hydroxylation is 1. The van der Waals surface area contributed by atoms with Gasteiger partial charge >= 0.3 is 11.9 Å². The number of carboxylic acids is 2. The van der Waals surface area contributed by atoms with Crippen LogP contribution in [0, 0.1) is 0 Å². The Labute approximate surface area is 232 Å². The smallest absolute Gasteiger partial charge is 0.336 e. The Kier molecular flexibility index (Phi) is 5.15. The summed E-state index contributed by atoms with van der Waals surface area (Å²) < 4.78 is 9.53. The van der Waals surface area contributed by atoms with Gasteiger partial charge in [0.2, 0.25) is 5.71 Å². The monoisotopic (exact) mass is 535 g/mol. The van der Waals surface area contributed by atoms with Crippen molar-refractivity contribution in [3.8, 4) is 5.75 Å². The van der Waals surface area contributed by atoms with Crippen molar-refractivity contribution in [1.29, 1.82) is 0 Å². The highest BCUT2D eigenvalue weighted by Gasteiger charge is 2.43. The van der Waals surface area contributed by atoms with Crippen molar-refractivity contribution in [1.82, 2.24) is 0 Å². The van der Waals surface area contributed by atoms with Crippen LogP contribution in [0.15, 0.2) is 52.8 Å². The van der Waals surface area contributed by atoms with Crippen molar-refractivity contribution in [2.75, 3.05) is 31.1 Å². The second-order valence-electron chi connectivity index (χ2n) is 11.7. The first-order valence-electron chi connectivity index (χ1n) is 14.5. The Hall–Kier alpha value is -4.13. The number of ether oxygens (including phenoxy) is 1. The maximum atomic E-state index is 12.6. The molecule has 0 unspecified atom stereocenters. The van der Waals surface area contributed by atoms with Crippen LogP contribution in [0.1, 0.15) is 81.5 Å². The van der Waals surface area contributed by atoms with Crippen LogP contribution in [-0.4, -0.2) is 58.6 Å². The van der Waals surface area contributed by atoms with Crippen LogP contribution >= 0.6 is 0 Å². The topological polar surface area (TPSA) is 90.1 Å². The maximum Gasteiger partial charge on any atom is 0.336 e. The molecular formula is C33H31N2O5+. The minimum atomic E-state index is -1.13. The third kappa shape index (κ3) is 3.33. The van der Waals surface area contributed by atoms with Gasteiger partial charge in [0.05, 0.1) is 16.7 Å². The number of benzene rings is 2. The molecule has 5 heterocycles. The summed E-state index contributed by atoms with van der Waals surface area (Å²) in [4.78, 5) is 26.9. The standard InChI is InChI=1S/C33H30N2O5/c36-32(37)20-9-10-21(24(17-20)33(38)39)27-25-15-18-5-1-11-34-13-3-7-22(28(18)34)30(25)40-31-23-8-4-14-35-12-2-6-19(29(23)35)16-26(27)31/h5,9-10,16-17H,1-4,6-8,11-15H2,(H-,36,37,38,39)/p+1. The molecule has 0 aromatic heterocycles. The molecule has 0 saturated heterocycles. The summed E-state index contributed by atoms with van der Waals surface area (Å²) in [5.74, 6) is -0.495. The number of aromatic carboxylic acids is 2. The number of hydrogen-bond donors (Lipinski definition) is 2. The fraction of sp³-hybridized carbons (Fsp3) is 0.364. The van der Waals surface area contributed by atoms with E-state index in [1.165, 1.54) is 45.8 Å². The van der Waals surface area contributed by atoms with E-state index in [2.05, 4.69) is 21.6 Å². The summed E-state index contributed by atoms with van der Waals surface area (Å²) in [6.07, 6.45) is 10.1. The van der Waals surface area contributed by atoms with E-state index in [0.717, 1.165) is 99.3 Å². The average Bonchev–Trinajstić information content (AvgIpc) is 2.97. The van der Waals surface area contributed by atoms with E-state index < -0.39 is 11.9 Å². The number of hydrogen-bond acceptors (Lipinski definition) is 4. The highest BCUT2D eigenvalue weighted by molar-refractivity contribution is 6.14. The molecule has 0 radical (unpaired) electrons. The van der Waals surface area contributed by atoms with E-state index >= 15 is 0 Å². The fourth-order valence-corrected chi connectivity index (χ4v) is 7.91. The first kappa shape index (κ1) is 23.7. The van der Waals surface area contributed by atoms with Crippen molar-refractivity contribution >= 4 is 28.9 Å². The molecule has 0 saturated carbocycles. The Bertz CT molecular complexity index is 1690. The molecular weight excluding hydrogens is 504 g/mol. The van der Waals surface area contributed by atoms with Crippen molar-refractivity contribution < 1.29 is 29.1 Å². The molecule has 8 rings (SSSR count). The zero-order chi connectivity index (χ0) is 27.1. The number of carboxylic acid groups (broad SMARTS) is 2. The first-order chi connectivity index (χ1) is 19.5. The molecule has 0 bridgehead atoms. The summed E-state index contributed by atoms with van der Waals surface area (Å²) in [5, 5.41) is 20.0. The van der Waals surface area contributed by atoms with E-state index in [1.54, 1.807) is 6.07 Å². The van der Waals surface area contributed by atoms with Gasteiger partial charge in [-0.3, -0.25) is 0 Å². The molecule has 0 fully saturated rings. The minimum Gasteiger partial charge on any atom is -0.478 e. The lowest BCUT2D eigenvalue weighted by Gasteiger charge is -2.41. The van der Waals surface area contributed by atoms with Crippen molar-refractivity contribution in [2.45, 2.75) is 51.4 Å². The summed E-state index contributed by atoms with van der Waals surface area (Å²) in [5.41, 5.74) is 11.1. The Morgan fingerprint density at radius 1 is 0.900 bits per heavy atom. The molecule has 2 aromatic carbocycles. The van der Waals surface area contributed by atoms with Crippen molar-refractivity contribution in [3.05, 3.63) is 86.2 Å². The van der Waals surface area contributed by atoms with Gasteiger partial charge in [-0.05, 0) is 61.4 Å². The van der Waals surface area contributed by atoms with Crippen LogP contribution < -0.4 is 9.64 Å². The zero-order valence-corrected chi connectivity index (χ0v) is 22.4. The molecule has 5 aliphatic heterocycles. The molecule has 0 amide bonds. The van der Waals surface area contributed by atoms with E-state index in [9.17, 15) is 19.8 Å². The largest absolute Gasteiger partial charge is 0.478 e. The van der Waals surface area contributed by atoms with Gasteiger partial charge in [0.25, 0.3) is 0 Å².